The van der Waals surface area contributed by atoms with Crippen LogP contribution < -0.4 is 5.73 Å². The number of hydrogen-bond acceptors (Lipinski definition) is 2. The normalized spacial score (nSPS) is 13.5. The molecule has 2 aromatic heterocycles. The van der Waals surface area contributed by atoms with Gasteiger partial charge in [0.2, 0.25) is 0 Å². The Bertz CT molecular complexity index is 795. The van der Waals surface area contributed by atoms with Gasteiger partial charge in [-0.2, -0.15) is 0 Å². The maximum Gasteiger partial charge on any atom is 0.140 e. The number of aromatic nitrogens is 2. The van der Waals surface area contributed by atoms with Crippen molar-refractivity contribution in [1.29, 1.82) is 0 Å². The van der Waals surface area contributed by atoms with Crippen LogP contribution in [0.3, 0.4) is 0 Å². The summed E-state index contributed by atoms with van der Waals surface area (Å²) in [4.78, 5) is 4.91. The molecule has 2 heterocycles. The number of aryl methyl sites for hydroxylation is 1. The molecule has 0 saturated carbocycles. The zero-order chi connectivity index (χ0) is 15.9. The van der Waals surface area contributed by atoms with Crippen molar-refractivity contribution in [2.75, 3.05) is 0 Å². The number of fused-ring (bicyclic) bond motifs is 1. The molecule has 1 unspecified atom stereocenters. The first-order valence-electron chi connectivity index (χ1n) is 7.68. The van der Waals surface area contributed by atoms with Gasteiger partial charge < -0.3 is 10.1 Å². The van der Waals surface area contributed by atoms with Crippen molar-refractivity contribution in [2.24, 2.45) is 5.73 Å². The molecule has 0 amide bonds. The van der Waals surface area contributed by atoms with Crippen LogP contribution in [0.1, 0.15) is 49.3 Å². The molecular formula is C19H23N3. The molecule has 1 atom stereocenters. The lowest BCUT2D eigenvalue weighted by atomic mass is 9.88. The summed E-state index contributed by atoms with van der Waals surface area (Å²) in [5.41, 5.74) is 12.0. The molecule has 0 aliphatic heterocycles. The number of nitrogens with zero attached hydrogens (tertiary/aromatic N) is 2. The lowest BCUT2D eigenvalue weighted by Crippen LogP contribution is -2.21. The second kappa shape index (κ2) is 5.25. The van der Waals surface area contributed by atoms with Gasteiger partial charge in [0, 0.05) is 11.6 Å². The Morgan fingerprint density at radius 2 is 1.73 bits per heavy atom. The Kier molecular flexibility index (Phi) is 3.53. The first-order chi connectivity index (χ1) is 10.4. The van der Waals surface area contributed by atoms with Crippen LogP contribution >= 0.6 is 0 Å². The summed E-state index contributed by atoms with van der Waals surface area (Å²) in [6.07, 6.45) is 2.06. The number of imidazole rings is 1. The lowest BCUT2D eigenvalue weighted by Gasteiger charge is -2.21. The van der Waals surface area contributed by atoms with Crippen molar-refractivity contribution in [3.63, 3.8) is 0 Å². The smallest absolute Gasteiger partial charge is 0.140 e. The van der Waals surface area contributed by atoms with Crippen LogP contribution in [-0.2, 0) is 5.41 Å². The molecule has 3 heteroatoms. The fourth-order valence-corrected chi connectivity index (χ4v) is 2.89. The highest BCUT2D eigenvalue weighted by Crippen LogP contribution is 2.32. The molecule has 22 heavy (non-hydrogen) atoms. The van der Waals surface area contributed by atoms with Gasteiger partial charge in [0.1, 0.15) is 5.65 Å². The molecule has 2 N–H and O–H groups in total. The van der Waals surface area contributed by atoms with Crippen molar-refractivity contribution >= 4 is 5.65 Å². The first-order valence-corrected chi connectivity index (χ1v) is 7.68. The highest BCUT2D eigenvalue weighted by atomic mass is 15.0. The monoisotopic (exact) mass is 293 g/mol. The SMILES string of the molecule is Cc1cccn2c(C(N)c3ccccc3)c(C(C)(C)C)nc12. The van der Waals surface area contributed by atoms with Crippen molar-refractivity contribution in [2.45, 2.75) is 39.2 Å². The van der Waals surface area contributed by atoms with Gasteiger partial charge in [0.15, 0.2) is 0 Å². The fraction of sp³-hybridized carbons (Fsp3) is 0.316. The molecule has 0 saturated heterocycles. The van der Waals surface area contributed by atoms with Crippen LogP contribution in [-0.4, -0.2) is 9.38 Å². The summed E-state index contributed by atoms with van der Waals surface area (Å²) in [7, 11) is 0. The van der Waals surface area contributed by atoms with Crippen LogP contribution in [0.5, 0.6) is 0 Å². The van der Waals surface area contributed by atoms with Crippen LogP contribution in [0.15, 0.2) is 48.7 Å². The summed E-state index contributed by atoms with van der Waals surface area (Å²) >= 11 is 0. The van der Waals surface area contributed by atoms with E-state index in [2.05, 4.69) is 62.6 Å². The van der Waals surface area contributed by atoms with Gasteiger partial charge in [-0.15, -0.1) is 0 Å². The maximum atomic E-state index is 6.61. The number of pyridine rings is 1. The van der Waals surface area contributed by atoms with Crippen LogP contribution in [0.25, 0.3) is 5.65 Å². The summed E-state index contributed by atoms with van der Waals surface area (Å²) in [5.74, 6) is 0. The van der Waals surface area contributed by atoms with Crippen molar-refractivity contribution in [1.82, 2.24) is 9.38 Å². The van der Waals surface area contributed by atoms with E-state index in [4.69, 9.17) is 10.7 Å². The van der Waals surface area contributed by atoms with Crippen LogP contribution in [0.2, 0.25) is 0 Å². The van der Waals surface area contributed by atoms with Gasteiger partial charge in [0.25, 0.3) is 0 Å². The van der Waals surface area contributed by atoms with Gasteiger partial charge in [-0.1, -0.05) is 57.2 Å². The quantitative estimate of drug-likeness (QED) is 0.776. The van der Waals surface area contributed by atoms with E-state index < -0.39 is 0 Å². The molecule has 3 rings (SSSR count). The summed E-state index contributed by atoms with van der Waals surface area (Å²) in [6, 6.07) is 14.2. The first kappa shape index (κ1) is 14.8. The van der Waals surface area contributed by atoms with Crippen LogP contribution in [0.4, 0.5) is 0 Å². The Morgan fingerprint density at radius 1 is 1.05 bits per heavy atom. The Hall–Kier alpha value is -2.13. The standard InChI is InChI=1S/C19H23N3/c1-13-9-8-12-22-16(15(20)14-10-6-5-7-11-14)17(19(2,3)4)21-18(13)22/h5-12,15H,20H2,1-4H3. The van der Waals surface area contributed by atoms with E-state index in [0.29, 0.717) is 0 Å². The van der Waals surface area contributed by atoms with Crippen LogP contribution in [0, 0.1) is 6.92 Å². The number of hydrogen-bond donors (Lipinski definition) is 1. The zero-order valence-electron chi connectivity index (χ0n) is 13.7. The predicted octanol–water partition coefficient (Wildman–Crippen LogP) is 3.99. The molecule has 0 spiro atoms. The van der Waals surface area contributed by atoms with E-state index in [9.17, 15) is 0 Å². The summed E-state index contributed by atoms with van der Waals surface area (Å²) < 4.78 is 2.15. The van der Waals surface area contributed by atoms with Gasteiger partial charge >= 0.3 is 0 Å². The molecule has 0 radical (unpaired) electrons. The Balaban J connectivity index is 2.29. The van der Waals surface area contributed by atoms with Gasteiger partial charge in [-0.25, -0.2) is 4.98 Å². The van der Waals surface area contributed by atoms with E-state index >= 15 is 0 Å². The molecule has 114 valence electrons. The molecule has 0 bridgehead atoms. The third kappa shape index (κ3) is 2.42. The molecular weight excluding hydrogens is 270 g/mol. The predicted molar refractivity (Wildman–Crippen MR) is 91.1 cm³/mol. The number of benzene rings is 1. The van der Waals surface area contributed by atoms with Gasteiger partial charge in [0.05, 0.1) is 17.4 Å². The average Bonchev–Trinajstić information content (AvgIpc) is 2.88. The molecule has 0 aliphatic carbocycles. The van der Waals surface area contributed by atoms with Crippen molar-refractivity contribution < 1.29 is 0 Å². The minimum absolute atomic E-state index is 0.0554. The van der Waals surface area contributed by atoms with E-state index in [1.54, 1.807) is 0 Å². The molecule has 3 aromatic rings. The Morgan fingerprint density at radius 3 is 2.36 bits per heavy atom. The minimum atomic E-state index is -0.188. The van der Waals surface area contributed by atoms with Crippen molar-refractivity contribution in [3.05, 3.63) is 71.2 Å². The third-order valence-electron chi connectivity index (χ3n) is 4.05. The van der Waals surface area contributed by atoms with E-state index in [1.165, 1.54) is 5.56 Å². The van der Waals surface area contributed by atoms with Gasteiger partial charge in [-0.05, 0) is 24.1 Å². The number of nitrogens with two attached hydrogens (primary N) is 1. The van der Waals surface area contributed by atoms with E-state index in [1.807, 2.05) is 18.2 Å². The maximum absolute atomic E-state index is 6.61. The Labute approximate surface area is 131 Å². The topological polar surface area (TPSA) is 43.3 Å². The van der Waals surface area contributed by atoms with Crippen molar-refractivity contribution in [3.8, 4) is 0 Å². The molecule has 0 fully saturated rings. The summed E-state index contributed by atoms with van der Waals surface area (Å²) in [6.45, 7) is 8.65. The van der Waals surface area contributed by atoms with Gasteiger partial charge in [-0.3, -0.25) is 0 Å². The largest absolute Gasteiger partial charge is 0.319 e. The molecule has 0 aliphatic rings. The molecule has 1 aromatic carbocycles. The second-order valence-electron chi connectivity index (χ2n) is 6.87. The van der Waals surface area contributed by atoms with E-state index in [-0.39, 0.29) is 11.5 Å². The lowest BCUT2D eigenvalue weighted by molar-refractivity contribution is 0.558. The highest BCUT2D eigenvalue weighted by molar-refractivity contribution is 5.53. The average molecular weight is 293 g/mol. The minimum Gasteiger partial charge on any atom is -0.319 e. The molecule has 3 nitrogen and oxygen atoms in total. The highest BCUT2D eigenvalue weighted by Gasteiger charge is 2.28. The number of rotatable bonds is 2. The summed E-state index contributed by atoms with van der Waals surface area (Å²) in [5, 5.41) is 0. The fourth-order valence-electron chi connectivity index (χ4n) is 2.89. The second-order valence-corrected chi connectivity index (χ2v) is 6.87. The third-order valence-corrected chi connectivity index (χ3v) is 4.05. The van der Waals surface area contributed by atoms with E-state index in [0.717, 1.165) is 22.6 Å². The zero-order valence-corrected chi connectivity index (χ0v) is 13.7.